The highest BCUT2D eigenvalue weighted by atomic mass is 16.7. The Balaban J connectivity index is 3.93. The molecule has 0 saturated heterocycles. The van der Waals surface area contributed by atoms with Gasteiger partial charge in [0.2, 0.25) is 0 Å². The molecule has 0 aliphatic carbocycles. The van der Waals surface area contributed by atoms with Crippen molar-refractivity contribution >= 4 is 0 Å². The Morgan fingerprint density at radius 1 is 0.405 bits per heavy atom. The second kappa shape index (κ2) is 32.1. The van der Waals surface area contributed by atoms with Crippen LogP contribution in [0.2, 0.25) is 0 Å². The number of unbranched alkanes of at least 4 members (excludes halogenated alkanes) is 19. The quantitative estimate of drug-likeness (QED) is 0.0643. The predicted octanol–water partition coefficient (Wildman–Crippen LogP) is 11.1. The van der Waals surface area contributed by atoms with Crippen molar-refractivity contribution in [3.8, 4) is 0 Å². The normalized spacial score (nSPS) is 11.8. The monoisotopic (exact) mass is 526 g/mol. The first kappa shape index (κ1) is 36.9. The van der Waals surface area contributed by atoms with Gasteiger partial charge in [0, 0.05) is 13.2 Å². The molecule has 37 heavy (non-hydrogen) atoms. The van der Waals surface area contributed by atoms with Gasteiger partial charge in [-0.15, -0.1) is 0 Å². The molecule has 0 saturated carbocycles. The molecule has 0 aliphatic rings. The average Bonchev–Trinajstić information content (AvgIpc) is 2.91. The molecule has 0 heterocycles. The van der Waals surface area contributed by atoms with Gasteiger partial charge in [0.15, 0.2) is 6.29 Å². The van der Waals surface area contributed by atoms with E-state index in [2.05, 4.69) is 32.6 Å². The van der Waals surface area contributed by atoms with Crippen LogP contribution in [0.4, 0.5) is 0 Å². The summed E-state index contributed by atoms with van der Waals surface area (Å²) in [5.41, 5.74) is 0. The highest BCUT2D eigenvalue weighted by molar-refractivity contribution is 4.58. The fourth-order valence-electron chi connectivity index (χ4n) is 5.13. The summed E-state index contributed by atoms with van der Waals surface area (Å²) in [6, 6.07) is 0. The van der Waals surface area contributed by atoms with Gasteiger partial charge >= 0.3 is 0 Å². The second-order valence-electron chi connectivity index (χ2n) is 11.5. The Hall–Kier alpha value is -0.120. The molecule has 0 atom stereocenters. The van der Waals surface area contributed by atoms with E-state index < -0.39 is 0 Å². The SMILES string of the molecule is CCCCCCCCOC(CCCCCCCN(CC)CCCCCCCC)OCCCCCCCC. The molecule has 0 bridgehead atoms. The number of rotatable bonds is 32. The number of nitrogens with zero attached hydrogens (tertiary/aromatic N) is 1. The Morgan fingerprint density at radius 2 is 0.757 bits per heavy atom. The second-order valence-corrected chi connectivity index (χ2v) is 11.5. The van der Waals surface area contributed by atoms with Crippen LogP contribution in [0.25, 0.3) is 0 Å². The molecule has 3 nitrogen and oxygen atoms in total. The van der Waals surface area contributed by atoms with E-state index in [4.69, 9.17) is 9.47 Å². The summed E-state index contributed by atoms with van der Waals surface area (Å²) in [6.45, 7) is 14.7. The van der Waals surface area contributed by atoms with Gasteiger partial charge in [-0.05, 0) is 58.2 Å². The maximum atomic E-state index is 6.21. The molecule has 0 rings (SSSR count). The average molecular weight is 526 g/mol. The summed E-state index contributed by atoms with van der Waals surface area (Å²) in [5, 5.41) is 0. The van der Waals surface area contributed by atoms with E-state index in [0.717, 1.165) is 19.6 Å². The summed E-state index contributed by atoms with van der Waals surface area (Å²) in [6.07, 6.45) is 32.0. The van der Waals surface area contributed by atoms with Crippen molar-refractivity contribution in [1.29, 1.82) is 0 Å². The summed E-state index contributed by atoms with van der Waals surface area (Å²) in [7, 11) is 0. The molecule has 224 valence electrons. The van der Waals surface area contributed by atoms with E-state index in [9.17, 15) is 0 Å². The first-order valence-corrected chi connectivity index (χ1v) is 17.2. The van der Waals surface area contributed by atoms with E-state index >= 15 is 0 Å². The number of ether oxygens (including phenoxy) is 2. The summed E-state index contributed by atoms with van der Waals surface area (Å²) in [5.74, 6) is 0. The van der Waals surface area contributed by atoms with Gasteiger partial charge in [-0.3, -0.25) is 0 Å². The fraction of sp³-hybridized carbons (Fsp3) is 1.00. The molecule has 0 aromatic carbocycles. The molecule has 0 unspecified atom stereocenters. The van der Waals surface area contributed by atoms with Gasteiger partial charge < -0.3 is 14.4 Å². The maximum absolute atomic E-state index is 6.21. The fourth-order valence-corrected chi connectivity index (χ4v) is 5.13. The minimum absolute atomic E-state index is 0.0270. The molecular weight excluding hydrogens is 454 g/mol. The van der Waals surface area contributed by atoms with E-state index in [-0.39, 0.29) is 6.29 Å². The third-order valence-corrected chi connectivity index (χ3v) is 7.79. The minimum Gasteiger partial charge on any atom is -0.353 e. The Bertz CT molecular complexity index is 385. The smallest absolute Gasteiger partial charge is 0.157 e. The zero-order valence-electron chi connectivity index (χ0n) is 26.3. The van der Waals surface area contributed by atoms with E-state index in [0.29, 0.717) is 0 Å². The van der Waals surface area contributed by atoms with Crippen LogP contribution in [0, 0.1) is 0 Å². The molecule has 0 amide bonds. The lowest BCUT2D eigenvalue weighted by molar-refractivity contribution is -0.148. The van der Waals surface area contributed by atoms with Gasteiger partial charge in [0.1, 0.15) is 0 Å². The molecule has 0 aliphatic heterocycles. The maximum Gasteiger partial charge on any atom is 0.157 e. The highest BCUT2D eigenvalue weighted by Crippen LogP contribution is 2.14. The molecule has 0 spiro atoms. The van der Waals surface area contributed by atoms with E-state index in [1.165, 1.54) is 167 Å². The van der Waals surface area contributed by atoms with E-state index in [1.807, 2.05) is 0 Å². The standard InChI is InChI=1S/C34H71NO2/c1-5-9-12-15-20-25-30-35(8-4)31-26-21-18-19-24-29-34(36-32-27-22-16-13-10-6-2)37-33-28-23-17-14-11-7-3/h34H,5-33H2,1-4H3. The lowest BCUT2D eigenvalue weighted by Gasteiger charge is -2.20. The zero-order chi connectivity index (χ0) is 27.1. The Kier molecular flexibility index (Phi) is 32.0. The van der Waals surface area contributed by atoms with Crippen molar-refractivity contribution in [2.45, 2.75) is 188 Å². The van der Waals surface area contributed by atoms with Gasteiger partial charge in [0.25, 0.3) is 0 Å². The van der Waals surface area contributed by atoms with Gasteiger partial charge in [0.05, 0.1) is 0 Å². The van der Waals surface area contributed by atoms with E-state index in [1.54, 1.807) is 0 Å². The van der Waals surface area contributed by atoms with Crippen molar-refractivity contribution in [2.24, 2.45) is 0 Å². The third kappa shape index (κ3) is 28.7. The van der Waals surface area contributed by atoms with Crippen LogP contribution in [0.1, 0.15) is 182 Å². The van der Waals surface area contributed by atoms with Crippen LogP contribution < -0.4 is 0 Å². The molecule has 0 radical (unpaired) electrons. The van der Waals surface area contributed by atoms with Gasteiger partial charge in [-0.1, -0.05) is 143 Å². The molecule has 0 aromatic rings. The Morgan fingerprint density at radius 3 is 1.16 bits per heavy atom. The summed E-state index contributed by atoms with van der Waals surface area (Å²) in [4.78, 5) is 2.67. The van der Waals surface area contributed by atoms with Crippen LogP contribution in [0.5, 0.6) is 0 Å². The molecule has 3 heteroatoms. The Labute approximate surface area is 235 Å². The largest absolute Gasteiger partial charge is 0.353 e. The van der Waals surface area contributed by atoms with Crippen molar-refractivity contribution in [1.82, 2.24) is 4.90 Å². The topological polar surface area (TPSA) is 21.7 Å². The number of hydrogen-bond acceptors (Lipinski definition) is 3. The lowest BCUT2D eigenvalue weighted by Crippen LogP contribution is -2.25. The van der Waals surface area contributed by atoms with Crippen LogP contribution >= 0.6 is 0 Å². The van der Waals surface area contributed by atoms with Crippen molar-refractivity contribution in [2.75, 3.05) is 32.8 Å². The first-order valence-electron chi connectivity index (χ1n) is 17.2. The predicted molar refractivity (Wildman–Crippen MR) is 166 cm³/mol. The summed E-state index contributed by atoms with van der Waals surface area (Å²) < 4.78 is 12.4. The van der Waals surface area contributed by atoms with Crippen molar-refractivity contribution < 1.29 is 9.47 Å². The first-order chi connectivity index (χ1) is 18.3. The van der Waals surface area contributed by atoms with Gasteiger partial charge in [-0.25, -0.2) is 0 Å². The van der Waals surface area contributed by atoms with Crippen LogP contribution in [-0.4, -0.2) is 44.0 Å². The van der Waals surface area contributed by atoms with Crippen LogP contribution in [0.15, 0.2) is 0 Å². The molecule has 0 N–H and O–H groups in total. The van der Waals surface area contributed by atoms with Crippen molar-refractivity contribution in [3.63, 3.8) is 0 Å². The van der Waals surface area contributed by atoms with Crippen LogP contribution in [0.3, 0.4) is 0 Å². The third-order valence-electron chi connectivity index (χ3n) is 7.79. The van der Waals surface area contributed by atoms with Crippen LogP contribution in [-0.2, 0) is 9.47 Å². The van der Waals surface area contributed by atoms with Crippen molar-refractivity contribution in [3.05, 3.63) is 0 Å². The highest BCUT2D eigenvalue weighted by Gasteiger charge is 2.09. The molecular formula is C34H71NO2. The van der Waals surface area contributed by atoms with Gasteiger partial charge in [-0.2, -0.15) is 0 Å². The molecule has 0 aromatic heterocycles. The molecule has 0 fully saturated rings. The number of hydrogen-bond donors (Lipinski definition) is 0. The zero-order valence-corrected chi connectivity index (χ0v) is 26.3. The lowest BCUT2D eigenvalue weighted by atomic mass is 10.1. The summed E-state index contributed by atoms with van der Waals surface area (Å²) >= 11 is 0. The minimum atomic E-state index is 0.0270.